The Hall–Kier alpha value is -3.62. The van der Waals surface area contributed by atoms with Gasteiger partial charge in [0.15, 0.2) is 0 Å². The standard InChI is InChI=1S/C15H12N4O5/c1-10(11-5-4-6-12(9-11)18(21)22)16-17-15(20)13-7-2-3-8-14(13)19(23)24/h2-9H,1H3,(H,17,20)/b16-10+. The zero-order valence-corrected chi connectivity index (χ0v) is 12.5. The molecule has 0 atom stereocenters. The molecule has 122 valence electrons. The molecule has 0 bridgehead atoms. The molecule has 24 heavy (non-hydrogen) atoms. The minimum atomic E-state index is -0.743. The molecule has 0 aliphatic carbocycles. The Morgan fingerprint density at radius 3 is 2.42 bits per heavy atom. The highest BCUT2D eigenvalue weighted by Gasteiger charge is 2.18. The van der Waals surface area contributed by atoms with E-state index >= 15 is 0 Å². The topological polar surface area (TPSA) is 128 Å². The molecular formula is C15H12N4O5. The van der Waals surface area contributed by atoms with Crippen LogP contribution < -0.4 is 5.43 Å². The first-order chi connectivity index (χ1) is 11.4. The maximum atomic E-state index is 12.1. The van der Waals surface area contributed by atoms with E-state index in [2.05, 4.69) is 10.5 Å². The first-order valence-electron chi connectivity index (χ1n) is 6.73. The van der Waals surface area contributed by atoms with Gasteiger partial charge in [-0.25, -0.2) is 5.43 Å². The molecule has 2 aromatic rings. The number of hydrogen-bond acceptors (Lipinski definition) is 6. The van der Waals surface area contributed by atoms with Crippen molar-refractivity contribution in [2.75, 3.05) is 0 Å². The molecule has 0 saturated heterocycles. The fraction of sp³-hybridized carbons (Fsp3) is 0.0667. The first kappa shape index (κ1) is 16.7. The van der Waals surface area contributed by atoms with Gasteiger partial charge in [0.2, 0.25) is 0 Å². The summed E-state index contributed by atoms with van der Waals surface area (Å²) in [5, 5.41) is 25.5. The third kappa shape index (κ3) is 3.77. The van der Waals surface area contributed by atoms with Crippen LogP contribution in [0.1, 0.15) is 22.8 Å². The van der Waals surface area contributed by atoms with Crippen molar-refractivity contribution in [1.82, 2.24) is 5.43 Å². The highest BCUT2D eigenvalue weighted by Crippen LogP contribution is 2.17. The Labute approximate surface area is 135 Å². The van der Waals surface area contributed by atoms with Gasteiger partial charge in [0.25, 0.3) is 17.3 Å². The van der Waals surface area contributed by atoms with E-state index in [0.717, 1.165) is 0 Å². The van der Waals surface area contributed by atoms with Crippen LogP contribution in [0, 0.1) is 20.2 Å². The molecule has 0 heterocycles. The predicted octanol–water partition coefficient (Wildman–Crippen LogP) is 2.66. The summed E-state index contributed by atoms with van der Waals surface area (Å²) in [6.07, 6.45) is 0. The molecule has 1 amide bonds. The van der Waals surface area contributed by atoms with Crippen molar-refractivity contribution in [2.24, 2.45) is 5.10 Å². The van der Waals surface area contributed by atoms with Crippen LogP contribution in [0.5, 0.6) is 0 Å². The summed E-state index contributed by atoms with van der Waals surface area (Å²) in [5.74, 6) is -0.743. The number of hydrazone groups is 1. The molecule has 9 heteroatoms. The Kier molecular flexibility index (Phi) is 4.95. The SMILES string of the molecule is C/C(=N\NC(=O)c1ccccc1[N+](=O)[O-])c1cccc([N+](=O)[O-])c1. The van der Waals surface area contributed by atoms with E-state index in [0.29, 0.717) is 11.3 Å². The zero-order valence-electron chi connectivity index (χ0n) is 12.5. The van der Waals surface area contributed by atoms with Gasteiger partial charge in [-0.05, 0) is 13.0 Å². The monoisotopic (exact) mass is 328 g/mol. The molecule has 0 aromatic heterocycles. The summed E-state index contributed by atoms with van der Waals surface area (Å²) in [6.45, 7) is 1.55. The molecule has 1 N–H and O–H groups in total. The van der Waals surface area contributed by atoms with Crippen molar-refractivity contribution in [3.63, 3.8) is 0 Å². The number of nitro groups is 2. The van der Waals surface area contributed by atoms with Crippen LogP contribution in [-0.2, 0) is 0 Å². The number of para-hydroxylation sites is 1. The molecule has 0 radical (unpaired) electrons. The lowest BCUT2D eigenvalue weighted by molar-refractivity contribution is -0.385. The number of non-ortho nitro benzene ring substituents is 1. The van der Waals surface area contributed by atoms with Gasteiger partial charge in [0.1, 0.15) is 5.56 Å². The predicted molar refractivity (Wildman–Crippen MR) is 85.9 cm³/mol. The second-order valence-corrected chi connectivity index (χ2v) is 4.72. The quantitative estimate of drug-likeness (QED) is 0.512. The second-order valence-electron chi connectivity index (χ2n) is 4.72. The summed E-state index contributed by atoms with van der Waals surface area (Å²) in [5.41, 5.74) is 2.43. The van der Waals surface area contributed by atoms with Gasteiger partial charge in [-0.2, -0.15) is 5.10 Å². The molecule has 0 spiro atoms. The van der Waals surface area contributed by atoms with Gasteiger partial charge < -0.3 is 0 Å². The number of rotatable bonds is 5. The molecule has 0 unspecified atom stereocenters. The van der Waals surface area contributed by atoms with Crippen LogP contribution in [0.2, 0.25) is 0 Å². The van der Waals surface area contributed by atoms with Crippen LogP contribution in [-0.4, -0.2) is 21.5 Å². The highest BCUT2D eigenvalue weighted by molar-refractivity contribution is 6.02. The maximum Gasteiger partial charge on any atom is 0.282 e. The van der Waals surface area contributed by atoms with Crippen LogP contribution in [0.4, 0.5) is 11.4 Å². The number of nitrogens with zero attached hydrogens (tertiary/aromatic N) is 3. The van der Waals surface area contributed by atoms with Gasteiger partial charge >= 0.3 is 0 Å². The molecule has 0 aliphatic heterocycles. The molecule has 9 nitrogen and oxygen atoms in total. The number of carbonyl (C=O) groups excluding carboxylic acids is 1. The minimum absolute atomic E-state index is 0.105. The van der Waals surface area contributed by atoms with Crippen molar-refractivity contribution in [2.45, 2.75) is 6.92 Å². The van der Waals surface area contributed by atoms with E-state index in [1.807, 2.05) is 0 Å². The minimum Gasteiger partial charge on any atom is -0.267 e. The Balaban J connectivity index is 2.21. The molecule has 0 saturated carbocycles. The Morgan fingerprint density at radius 2 is 1.75 bits per heavy atom. The van der Waals surface area contributed by atoms with Gasteiger partial charge in [0, 0.05) is 23.8 Å². The summed E-state index contributed by atoms with van der Waals surface area (Å²) in [6, 6.07) is 11.2. The average molecular weight is 328 g/mol. The van der Waals surface area contributed by atoms with E-state index in [4.69, 9.17) is 0 Å². The number of amides is 1. The smallest absolute Gasteiger partial charge is 0.267 e. The average Bonchev–Trinajstić information content (AvgIpc) is 2.59. The molecule has 0 aliphatic rings. The Bertz CT molecular complexity index is 847. The van der Waals surface area contributed by atoms with Crippen molar-refractivity contribution < 1.29 is 14.6 Å². The molecule has 0 fully saturated rings. The number of hydrogen-bond donors (Lipinski definition) is 1. The lowest BCUT2D eigenvalue weighted by Crippen LogP contribution is -2.20. The van der Waals surface area contributed by atoms with Crippen LogP contribution >= 0.6 is 0 Å². The number of nitro benzene ring substituents is 2. The van der Waals surface area contributed by atoms with Crippen LogP contribution in [0.3, 0.4) is 0 Å². The first-order valence-corrected chi connectivity index (χ1v) is 6.73. The maximum absolute atomic E-state index is 12.1. The lowest BCUT2D eigenvalue weighted by atomic mass is 10.1. The third-order valence-corrected chi connectivity index (χ3v) is 3.15. The number of carbonyl (C=O) groups is 1. The van der Waals surface area contributed by atoms with Crippen molar-refractivity contribution in [3.05, 3.63) is 79.9 Å². The lowest BCUT2D eigenvalue weighted by Gasteiger charge is -2.04. The molecule has 2 aromatic carbocycles. The Morgan fingerprint density at radius 1 is 1.04 bits per heavy atom. The van der Waals surface area contributed by atoms with Gasteiger partial charge in [0.05, 0.1) is 15.6 Å². The van der Waals surface area contributed by atoms with E-state index in [1.165, 1.54) is 42.5 Å². The summed E-state index contributed by atoms with van der Waals surface area (Å²) in [7, 11) is 0. The summed E-state index contributed by atoms with van der Waals surface area (Å²) in [4.78, 5) is 32.5. The van der Waals surface area contributed by atoms with Crippen LogP contribution in [0.25, 0.3) is 0 Å². The van der Waals surface area contributed by atoms with Gasteiger partial charge in [-0.15, -0.1) is 0 Å². The zero-order chi connectivity index (χ0) is 17.7. The van der Waals surface area contributed by atoms with Crippen molar-refractivity contribution >= 4 is 23.0 Å². The molecular weight excluding hydrogens is 316 g/mol. The van der Waals surface area contributed by atoms with E-state index in [9.17, 15) is 25.0 Å². The van der Waals surface area contributed by atoms with E-state index in [-0.39, 0.29) is 16.9 Å². The van der Waals surface area contributed by atoms with Crippen molar-refractivity contribution in [1.29, 1.82) is 0 Å². The highest BCUT2D eigenvalue weighted by atomic mass is 16.6. The van der Waals surface area contributed by atoms with Crippen molar-refractivity contribution in [3.8, 4) is 0 Å². The summed E-state index contributed by atoms with van der Waals surface area (Å²) >= 11 is 0. The number of nitrogens with one attached hydrogen (secondary N) is 1. The van der Waals surface area contributed by atoms with Crippen LogP contribution in [0.15, 0.2) is 53.6 Å². The van der Waals surface area contributed by atoms with Gasteiger partial charge in [-0.1, -0.05) is 24.3 Å². The normalized spacial score (nSPS) is 11.0. The third-order valence-electron chi connectivity index (χ3n) is 3.15. The number of benzene rings is 2. The fourth-order valence-electron chi connectivity index (χ4n) is 1.93. The molecule has 2 rings (SSSR count). The van der Waals surface area contributed by atoms with E-state index < -0.39 is 15.8 Å². The summed E-state index contributed by atoms with van der Waals surface area (Å²) < 4.78 is 0. The largest absolute Gasteiger partial charge is 0.282 e. The second kappa shape index (κ2) is 7.09. The van der Waals surface area contributed by atoms with E-state index in [1.54, 1.807) is 13.0 Å². The fourth-order valence-corrected chi connectivity index (χ4v) is 1.93. The van der Waals surface area contributed by atoms with Gasteiger partial charge in [-0.3, -0.25) is 25.0 Å².